The van der Waals surface area contributed by atoms with Gasteiger partial charge in [0.05, 0.1) is 12.2 Å². The number of rotatable bonds is 1. The van der Waals surface area contributed by atoms with Crippen molar-refractivity contribution in [2.75, 3.05) is 19.7 Å². The molecule has 2 atom stereocenters. The summed E-state index contributed by atoms with van der Waals surface area (Å²) in [6.45, 7) is 3.09. The zero-order chi connectivity index (χ0) is 10.8. The van der Waals surface area contributed by atoms with Gasteiger partial charge < -0.3 is 10.1 Å². The predicted molar refractivity (Wildman–Crippen MR) is 64.6 cm³/mol. The number of benzene rings is 1. The van der Waals surface area contributed by atoms with Crippen molar-refractivity contribution < 1.29 is 4.74 Å². The summed E-state index contributed by atoms with van der Waals surface area (Å²) in [5.41, 5.74) is 1.57. The summed E-state index contributed by atoms with van der Waals surface area (Å²) in [7, 11) is 0. The van der Waals surface area contributed by atoms with E-state index in [9.17, 15) is 0 Å². The minimum Gasteiger partial charge on any atom is -0.373 e. The maximum Gasteiger partial charge on any atom is 0.0813 e. The van der Waals surface area contributed by atoms with Gasteiger partial charge in [0.25, 0.3) is 0 Å². The quantitative estimate of drug-likeness (QED) is 0.779. The third kappa shape index (κ3) is 1.87. The Morgan fingerprint density at radius 1 is 1.25 bits per heavy atom. The minimum atomic E-state index is 0.138. The van der Waals surface area contributed by atoms with Crippen molar-refractivity contribution in [1.29, 1.82) is 0 Å². The number of hydrogen-bond acceptors (Lipinski definition) is 2. The predicted octanol–water partition coefficient (Wildman–Crippen LogP) is 2.31. The third-order valence-electron chi connectivity index (χ3n) is 3.91. The number of ether oxygens (including phenoxy) is 1. The normalized spacial score (nSPS) is 34.4. The molecule has 1 spiro atoms. The Balaban J connectivity index is 1.73. The monoisotopic (exact) mass is 217 g/mol. The number of nitrogens with one attached hydrogen (secondary N) is 1. The van der Waals surface area contributed by atoms with Crippen LogP contribution in [0.3, 0.4) is 0 Å². The Hall–Kier alpha value is -0.860. The molecule has 86 valence electrons. The molecule has 1 aromatic rings. The molecule has 2 heterocycles. The van der Waals surface area contributed by atoms with E-state index in [0.717, 1.165) is 19.7 Å². The van der Waals surface area contributed by atoms with Gasteiger partial charge in [-0.05, 0) is 31.4 Å². The molecule has 2 fully saturated rings. The molecule has 2 aliphatic heterocycles. The zero-order valence-corrected chi connectivity index (χ0v) is 9.61. The van der Waals surface area contributed by atoms with Crippen LogP contribution in [0.15, 0.2) is 30.3 Å². The fraction of sp³-hybridized carbons (Fsp3) is 0.571. The average molecular weight is 217 g/mol. The van der Waals surface area contributed by atoms with Gasteiger partial charge in [0, 0.05) is 12.5 Å². The molecule has 0 aliphatic carbocycles. The highest BCUT2D eigenvalue weighted by atomic mass is 16.5. The van der Waals surface area contributed by atoms with Crippen molar-refractivity contribution >= 4 is 0 Å². The van der Waals surface area contributed by atoms with Crippen molar-refractivity contribution in [3.63, 3.8) is 0 Å². The number of piperidine rings is 1. The molecule has 0 aromatic heterocycles. The second kappa shape index (κ2) is 4.19. The summed E-state index contributed by atoms with van der Waals surface area (Å²) in [4.78, 5) is 0. The molecule has 2 saturated heterocycles. The molecule has 0 unspecified atom stereocenters. The van der Waals surface area contributed by atoms with E-state index < -0.39 is 0 Å². The first-order chi connectivity index (χ1) is 7.88. The zero-order valence-electron chi connectivity index (χ0n) is 9.61. The van der Waals surface area contributed by atoms with Gasteiger partial charge in [-0.2, -0.15) is 0 Å². The van der Waals surface area contributed by atoms with E-state index in [2.05, 4.69) is 35.6 Å². The molecule has 2 nitrogen and oxygen atoms in total. The molecule has 0 radical (unpaired) electrons. The maximum atomic E-state index is 6.09. The Kier molecular flexibility index (Phi) is 2.70. The van der Waals surface area contributed by atoms with E-state index >= 15 is 0 Å². The summed E-state index contributed by atoms with van der Waals surface area (Å²) in [5, 5.41) is 3.46. The lowest BCUT2D eigenvalue weighted by atomic mass is 9.85. The SMILES string of the molecule is c1ccc([C@@H]2CO[C@@]3(CCCNC3)C2)cc1. The molecule has 0 amide bonds. The second-order valence-corrected chi connectivity index (χ2v) is 5.09. The van der Waals surface area contributed by atoms with Crippen molar-refractivity contribution in [2.24, 2.45) is 0 Å². The largest absolute Gasteiger partial charge is 0.373 e. The van der Waals surface area contributed by atoms with Crippen molar-refractivity contribution in [1.82, 2.24) is 5.32 Å². The van der Waals surface area contributed by atoms with Crippen LogP contribution < -0.4 is 5.32 Å². The molecule has 0 bridgehead atoms. The van der Waals surface area contributed by atoms with Gasteiger partial charge in [-0.25, -0.2) is 0 Å². The lowest BCUT2D eigenvalue weighted by Crippen LogP contribution is -2.45. The van der Waals surface area contributed by atoms with E-state index in [1.807, 2.05) is 0 Å². The average Bonchev–Trinajstić information content (AvgIpc) is 2.75. The maximum absolute atomic E-state index is 6.09. The van der Waals surface area contributed by atoms with Gasteiger partial charge >= 0.3 is 0 Å². The van der Waals surface area contributed by atoms with E-state index in [1.165, 1.54) is 24.8 Å². The lowest BCUT2D eigenvalue weighted by Gasteiger charge is -2.33. The van der Waals surface area contributed by atoms with Gasteiger partial charge in [-0.3, -0.25) is 0 Å². The molecule has 16 heavy (non-hydrogen) atoms. The Morgan fingerprint density at radius 2 is 2.12 bits per heavy atom. The first kappa shape index (κ1) is 10.3. The standard InChI is InChI=1S/C14H19NO/c1-2-5-12(6-3-1)13-9-14(16-10-13)7-4-8-15-11-14/h1-3,5-6,13,15H,4,7-11H2/t13-,14-/m0/s1. The first-order valence-electron chi connectivity index (χ1n) is 6.28. The van der Waals surface area contributed by atoms with Crippen LogP contribution >= 0.6 is 0 Å². The molecule has 2 heteroatoms. The topological polar surface area (TPSA) is 21.3 Å². The van der Waals surface area contributed by atoms with Gasteiger partial charge in [0.2, 0.25) is 0 Å². The molecular formula is C14H19NO. The molecule has 1 aromatic carbocycles. The van der Waals surface area contributed by atoms with Crippen molar-refractivity contribution in [3.05, 3.63) is 35.9 Å². The Morgan fingerprint density at radius 3 is 2.88 bits per heavy atom. The molecule has 3 rings (SSSR count). The van der Waals surface area contributed by atoms with Crippen molar-refractivity contribution in [3.8, 4) is 0 Å². The summed E-state index contributed by atoms with van der Waals surface area (Å²) < 4.78 is 6.09. The van der Waals surface area contributed by atoms with E-state index in [1.54, 1.807) is 0 Å². The van der Waals surface area contributed by atoms with Gasteiger partial charge in [0.1, 0.15) is 0 Å². The van der Waals surface area contributed by atoms with E-state index in [0.29, 0.717) is 5.92 Å². The molecule has 1 N–H and O–H groups in total. The van der Waals surface area contributed by atoms with Crippen LogP contribution in [0.1, 0.15) is 30.7 Å². The first-order valence-corrected chi connectivity index (χ1v) is 6.28. The summed E-state index contributed by atoms with van der Waals surface area (Å²) in [5.74, 6) is 0.598. The molecular weight excluding hydrogens is 198 g/mol. The van der Waals surface area contributed by atoms with Gasteiger partial charge in [-0.1, -0.05) is 30.3 Å². The van der Waals surface area contributed by atoms with Gasteiger partial charge in [0.15, 0.2) is 0 Å². The third-order valence-corrected chi connectivity index (χ3v) is 3.91. The Bertz CT molecular complexity index is 343. The second-order valence-electron chi connectivity index (χ2n) is 5.09. The van der Waals surface area contributed by atoms with E-state index in [-0.39, 0.29) is 5.60 Å². The van der Waals surface area contributed by atoms with Crippen LogP contribution in [0.4, 0.5) is 0 Å². The number of hydrogen-bond donors (Lipinski definition) is 1. The van der Waals surface area contributed by atoms with Crippen LogP contribution in [-0.2, 0) is 4.74 Å². The highest BCUT2D eigenvalue weighted by Crippen LogP contribution is 2.39. The summed E-state index contributed by atoms with van der Waals surface area (Å²) in [6, 6.07) is 10.8. The van der Waals surface area contributed by atoms with E-state index in [4.69, 9.17) is 4.74 Å². The smallest absolute Gasteiger partial charge is 0.0813 e. The lowest BCUT2D eigenvalue weighted by molar-refractivity contribution is -0.0139. The van der Waals surface area contributed by atoms with Crippen LogP contribution in [0.5, 0.6) is 0 Å². The van der Waals surface area contributed by atoms with Crippen molar-refractivity contribution in [2.45, 2.75) is 30.8 Å². The molecule has 0 saturated carbocycles. The van der Waals surface area contributed by atoms with Crippen LogP contribution in [0, 0.1) is 0 Å². The van der Waals surface area contributed by atoms with Gasteiger partial charge in [-0.15, -0.1) is 0 Å². The van der Waals surface area contributed by atoms with Crippen LogP contribution in [-0.4, -0.2) is 25.3 Å². The fourth-order valence-electron chi connectivity index (χ4n) is 3.02. The fourth-order valence-corrected chi connectivity index (χ4v) is 3.02. The van der Waals surface area contributed by atoms with Crippen LogP contribution in [0.2, 0.25) is 0 Å². The highest BCUT2D eigenvalue weighted by molar-refractivity contribution is 5.21. The highest BCUT2D eigenvalue weighted by Gasteiger charge is 2.41. The summed E-state index contributed by atoms with van der Waals surface area (Å²) in [6.07, 6.45) is 3.66. The summed E-state index contributed by atoms with van der Waals surface area (Å²) >= 11 is 0. The minimum absolute atomic E-state index is 0.138. The Labute approximate surface area is 97.0 Å². The van der Waals surface area contributed by atoms with Crippen LogP contribution in [0.25, 0.3) is 0 Å². The molecule has 2 aliphatic rings.